The normalized spacial score (nSPS) is 9.27. The third kappa shape index (κ3) is 17.7. The van der Waals surface area contributed by atoms with Crippen LogP contribution >= 0.6 is 0 Å². The highest BCUT2D eigenvalue weighted by molar-refractivity contribution is 4.43. The Balaban J connectivity index is 0. The third-order valence-electron chi connectivity index (χ3n) is 0.783. The molecule has 0 saturated carbocycles. The highest BCUT2D eigenvalue weighted by atomic mass is 16.3. The zero-order valence-corrected chi connectivity index (χ0v) is 6.69. The van der Waals surface area contributed by atoms with E-state index < -0.39 is 6.10 Å². The number of aliphatic hydroxyl groups is 4. The second-order valence-electron chi connectivity index (χ2n) is 1.78. The first-order valence-electron chi connectivity index (χ1n) is 3.44. The standard InChI is InChI=1S/C3H9NO.C3H8O3/c1-2-4-3-5;4-1-3(6)2-5/h4-5H,2-3H2,1H3;3-6H,1-2H2. The van der Waals surface area contributed by atoms with Gasteiger partial charge in [0, 0.05) is 0 Å². The van der Waals surface area contributed by atoms with E-state index in [0.717, 1.165) is 6.54 Å². The zero-order valence-electron chi connectivity index (χ0n) is 6.69. The van der Waals surface area contributed by atoms with Crippen LogP contribution in [0.4, 0.5) is 0 Å². The predicted molar refractivity (Wildman–Crippen MR) is 40.9 cm³/mol. The summed E-state index contributed by atoms with van der Waals surface area (Å²) >= 11 is 0. The van der Waals surface area contributed by atoms with Crippen LogP contribution < -0.4 is 5.32 Å². The average molecular weight is 167 g/mol. The van der Waals surface area contributed by atoms with Crippen molar-refractivity contribution in [3.63, 3.8) is 0 Å². The molecule has 0 aliphatic carbocycles. The molecule has 0 aliphatic rings. The van der Waals surface area contributed by atoms with E-state index in [-0.39, 0.29) is 19.9 Å². The van der Waals surface area contributed by atoms with E-state index in [0.29, 0.717) is 0 Å². The van der Waals surface area contributed by atoms with Crippen molar-refractivity contribution in [2.24, 2.45) is 0 Å². The quantitative estimate of drug-likeness (QED) is 0.309. The molecule has 5 nitrogen and oxygen atoms in total. The van der Waals surface area contributed by atoms with Gasteiger partial charge in [-0.25, -0.2) is 0 Å². The van der Waals surface area contributed by atoms with Gasteiger partial charge in [0.2, 0.25) is 0 Å². The molecule has 0 aliphatic heterocycles. The Morgan fingerprint density at radius 1 is 1.18 bits per heavy atom. The highest BCUT2D eigenvalue weighted by Crippen LogP contribution is 1.71. The molecule has 0 fully saturated rings. The fourth-order valence-electron chi connectivity index (χ4n) is 0.170. The van der Waals surface area contributed by atoms with E-state index in [1.165, 1.54) is 0 Å². The topological polar surface area (TPSA) is 93.0 Å². The van der Waals surface area contributed by atoms with E-state index in [4.69, 9.17) is 20.4 Å². The van der Waals surface area contributed by atoms with Crippen molar-refractivity contribution in [2.75, 3.05) is 26.5 Å². The van der Waals surface area contributed by atoms with E-state index >= 15 is 0 Å². The van der Waals surface area contributed by atoms with Gasteiger partial charge >= 0.3 is 0 Å². The Bertz CT molecular complexity index is 56.5. The second kappa shape index (κ2) is 12.5. The largest absolute Gasteiger partial charge is 0.394 e. The van der Waals surface area contributed by atoms with Crippen LogP contribution in [-0.4, -0.2) is 53.0 Å². The van der Waals surface area contributed by atoms with E-state index in [9.17, 15) is 0 Å². The Hall–Kier alpha value is -0.200. The summed E-state index contributed by atoms with van der Waals surface area (Å²) in [4.78, 5) is 0. The molecule has 0 saturated heterocycles. The molecule has 0 aromatic heterocycles. The number of hydrogen-bond donors (Lipinski definition) is 5. The maximum Gasteiger partial charge on any atom is 0.100 e. The lowest BCUT2D eigenvalue weighted by Crippen LogP contribution is -2.15. The molecule has 0 aromatic carbocycles. The number of aliphatic hydroxyl groups excluding tert-OH is 4. The Kier molecular flexibility index (Phi) is 15.2. The Morgan fingerprint density at radius 2 is 1.64 bits per heavy atom. The van der Waals surface area contributed by atoms with Gasteiger partial charge in [-0.2, -0.15) is 0 Å². The molecule has 5 N–H and O–H groups in total. The average Bonchev–Trinajstić information content (AvgIpc) is 2.06. The summed E-state index contributed by atoms with van der Waals surface area (Å²) in [6.45, 7) is 2.15. The van der Waals surface area contributed by atoms with Gasteiger partial charge in [-0.1, -0.05) is 6.92 Å². The molecule has 70 valence electrons. The SMILES string of the molecule is CCNCO.OCC(O)CO. The van der Waals surface area contributed by atoms with Crippen LogP contribution in [0.25, 0.3) is 0 Å². The minimum absolute atomic E-state index is 0.0938. The zero-order chi connectivity index (χ0) is 9.11. The first-order valence-corrected chi connectivity index (χ1v) is 3.44. The maximum absolute atomic E-state index is 8.17. The van der Waals surface area contributed by atoms with Crippen LogP contribution in [0.5, 0.6) is 0 Å². The van der Waals surface area contributed by atoms with Crippen LogP contribution in [0.3, 0.4) is 0 Å². The van der Waals surface area contributed by atoms with Crippen molar-refractivity contribution in [1.29, 1.82) is 0 Å². The molecule has 0 heterocycles. The molecule has 0 unspecified atom stereocenters. The molecule has 11 heavy (non-hydrogen) atoms. The summed E-state index contributed by atoms with van der Waals surface area (Å²) in [5.41, 5.74) is 0. The van der Waals surface area contributed by atoms with Gasteiger partial charge in [0.05, 0.1) is 19.9 Å². The van der Waals surface area contributed by atoms with Crippen molar-refractivity contribution in [3.8, 4) is 0 Å². The summed E-state index contributed by atoms with van der Waals surface area (Å²) in [5.74, 6) is 0. The van der Waals surface area contributed by atoms with Gasteiger partial charge in [-0.3, -0.25) is 5.32 Å². The lowest BCUT2D eigenvalue weighted by molar-refractivity contribution is 0.0450. The number of nitrogens with one attached hydrogen (secondary N) is 1. The molecule has 5 heteroatoms. The van der Waals surface area contributed by atoms with Gasteiger partial charge in [0.25, 0.3) is 0 Å². The van der Waals surface area contributed by atoms with Gasteiger partial charge in [0.15, 0.2) is 0 Å². The minimum atomic E-state index is -0.954. The lowest BCUT2D eigenvalue weighted by Gasteiger charge is -1.96. The lowest BCUT2D eigenvalue weighted by atomic mass is 10.4. The smallest absolute Gasteiger partial charge is 0.100 e. The summed E-state index contributed by atoms with van der Waals surface area (Å²) in [6.07, 6.45) is -0.954. The van der Waals surface area contributed by atoms with E-state index in [1.54, 1.807) is 0 Å². The minimum Gasteiger partial charge on any atom is -0.394 e. The molecule has 0 radical (unpaired) electrons. The first-order chi connectivity index (χ1) is 5.22. The van der Waals surface area contributed by atoms with Crippen molar-refractivity contribution in [3.05, 3.63) is 0 Å². The van der Waals surface area contributed by atoms with Gasteiger partial charge < -0.3 is 20.4 Å². The van der Waals surface area contributed by atoms with Crippen LogP contribution in [0, 0.1) is 0 Å². The molecule has 0 rings (SSSR count). The second-order valence-corrected chi connectivity index (χ2v) is 1.78. The van der Waals surface area contributed by atoms with E-state index in [2.05, 4.69) is 5.32 Å². The predicted octanol–water partition coefficient (Wildman–Crippen LogP) is -2.12. The van der Waals surface area contributed by atoms with Crippen molar-refractivity contribution in [2.45, 2.75) is 13.0 Å². The molecule has 0 atom stereocenters. The van der Waals surface area contributed by atoms with E-state index in [1.807, 2.05) is 6.92 Å². The fraction of sp³-hybridized carbons (Fsp3) is 1.00. The maximum atomic E-state index is 8.17. The molecule has 0 amide bonds. The van der Waals surface area contributed by atoms with Gasteiger partial charge in [-0.15, -0.1) is 0 Å². The molecular formula is C6H17NO4. The molecule has 0 spiro atoms. The van der Waals surface area contributed by atoms with Crippen LogP contribution in [-0.2, 0) is 0 Å². The number of hydrogen-bond acceptors (Lipinski definition) is 5. The van der Waals surface area contributed by atoms with Crippen molar-refractivity contribution in [1.82, 2.24) is 5.32 Å². The third-order valence-corrected chi connectivity index (χ3v) is 0.783. The monoisotopic (exact) mass is 167 g/mol. The van der Waals surface area contributed by atoms with Crippen LogP contribution in [0.15, 0.2) is 0 Å². The van der Waals surface area contributed by atoms with Gasteiger partial charge in [-0.05, 0) is 6.54 Å². The highest BCUT2D eigenvalue weighted by Gasteiger charge is 1.93. The van der Waals surface area contributed by atoms with Crippen LogP contribution in [0.1, 0.15) is 6.92 Å². The summed E-state index contributed by atoms with van der Waals surface area (Å²) in [6, 6.07) is 0. The summed E-state index contributed by atoms with van der Waals surface area (Å²) in [7, 11) is 0. The first kappa shape index (κ1) is 13.4. The molecular weight excluding hydrogens is 150 g/mol. The Morgan fingerprint density at radius 3 is 1.64 bits per heavy atom. The van der Waals surface area contributed by atoms with Crippen molar-refractivity contribution >= 4 is 0 Å². The van der Waals surface area contributed by atoms with Crippen LogP contribution in [0.2, 0.25) is 0 Å². The molecule has 0 aromatic rings. The fourth-order valence-corrected chi connectivity index (χ4v) is 0.170. The Labute approximate surface area is 66.3 Å². The summed E-state index contributed by atoms with van der Waals surface area (Å²) < 4.78 is 0. The molecule has 0 bridgehead atoms. The van der Waals surface area contributed by atoms with Crippen molar-refractivity contribution < 1.29 is 20.4 Å². The van der Waals surface area contributed by atoms with Gasteiger partial charge in [0.1, 0.15) is 6.10 Å². The summed E-state index contributed by atoms with van der Waals surface area (Å²) in [5, 5.41) is 34.6. The number of rotatable bonds is 4.